The highest BCUT2D eigenvalue weighted by Crippen LogP contribution is 2.25. The van der Waals surface area contributed by atoms with Crippen LogP contribution in [-0.2, 0) is 22.5 Å². The lowest BCUT2D eigenvalue weighted by Gasteiger charge is -2.36. The molecule has 0 spiro atoms. The Morgan fingerprint density at radius 1 is 1.20 bits per heavy atom. The zero-order chi connectivity index (χ0) is 32.5. The first-order valence-electron chi connectivity index (χ1n) is 14.6. The topological polar surface area (TPSA) is 160 Å². The minimum atomic E-state index is -3.29. The van der Waals surface area contributed by atoms with Gasteiger partial charge in [0.05, 0.1) is 31.1 Å². The van der Waals surface area contributed by atoms with E-state index in [9.17, 15) is 28.3 Å². The van der Waals surface area contributed by atoms with Gasteiger partial charge in [-0.1, -0.05) is 19.6 Å². The van der Waals surface area contributed by atoms with E-state index in [0.717, 1.165) is 10.1 Å². The van der Waals surface area contributed by atoms with E-state index in [1.807, 2.05) is 17.9 Å². The standard InChI is InChI=1S/C29H35F2N9O5/c1-5-20-23(37-8-10-38(11-9-37)26(43)22-24(42)18(4)33-16-34-22)27(44)40-28(35-25(36-40)19-6-12-45-13-7-19)39(20)14-21(41)32-15-29(30,31)17(2)3/h6,16,42H,2,5,7-15H2,1,3-4H3,(H,32,41). The first-order valence-corrected chi connectivity index (χ1v) is 14.6. The Kier molecular flexibility index (Phi) is 8.95. The van der Waals surface area contributed by atoms with Crippen LogP contribution in [0.25, 0.3) is 11.4 Å². The minimum Gasteiger partial charge on any atom is -0.504 e. The number of hydrogen-bond donors (Lipinski definition) is 2. The molecule has 14 nitrogen and oxygen atoms in total. The first-order chi connectivity index (χ1) is 21.4. The molecule has 45 heavy (non-hydrogen) atoms. The highest BCUT2D eigenvalue weighted by molar-refractivity contribution is 5.95. The summed E-state index contributed by atoms with van der Waals surface area (Å²) in [5, 5.41) is 17.1. The Morgan fingerprint density at radius 3 is 2.58 bits per heavy atom. The minimum absolute atomic E-state index is 0.102. The summed E-state index contributed by atoms with van der Waals surface area (Å²) in [5.41, 5.74) is 0.881. The molecule has 2 amide bonds. The number of aromatic nitrogens is 6. The number of carbonyl (C=O) groups is 2. The van der Waals surface area contributed by atoms with Gasteiger partial charge in [-0.25, -0.2) is 9.97 Å². The summed E-state index contributed by atoms with van der Waals surface area (Å²) < 4.78 is 36.4. The summed E-state index contributed by atoms with van der Waals surface area (Å²) in [6.45, 7) is 8.33. The zero-order valence-corrected chi connectivity index (χ0v) is 25.3. The van der Waals surface area contributed by atoms with Crippen LogP contribution >= 0.6 is 0 Å². The SMILES string of the molecule is C=C(C)C(F)(F)CNC(=O)Cn1c(CC)c(N2CCN(C(=O)c3ncnc(C)c3O)CC2)c(=O)n2nc(C3=CCOCC3)nc12. The van der Waals surface area contributed by atoms with Crippen molar-refractivity contribution in [3.63, 3.8) is 0 Å². The molecule has 0 aromatic carbocycles. The summed E-state index contributed by atoms with van der Waals surface area (Å²) in [4.78, 5) is 56.0. The highest BCUT2D eigenvalue weighted by atomic mass is 19.3. The van der Waals surface area contributed by atoms with E-state index in [1.165, 1.54) is 22.7 Å². The number of piperazine rings is 1. The van der Waals surface area contributed by atoms with Gasteiger partial charge < -0.3 is 29.5 Å². The van der Waals surface area contributed by atoms with E-state index in [0.29, 0.717) is 37.6 Å². The quantitative estimate of drug-likeness (QED) is 0.332. The van der Waals surface area contributed by atoms with Crippen LogP contribution < -0.4 is 15.8 Å². The Bertz CT molecular complexity index is 1740. The second-order valence-corrected chi connectivity index (χ2v) is 10.9. The molecular formula is C29H35F2N9O5. The van der Waals surface area contributed by atoms with Gasteiger partial charge in [0.15, 0.2) is 17.3 Å². The summed E-state index contributed by atoms with van der Waals surface area (Å²) in [5.74, 6) is -4.32. The monoisotopic (exact) mass is 627 g/mol. The fraction of sp³-hybridized carbons (Fsp3) is 0.483. The van der Waals surface area contributed by atoms with Crippen molar-refractivity contribution in [2.24, 2.45) is 0 Å². The normalized spacial score (nSPS) is 15.7. The predicted molar refractivity (Wildman–Crippen MR) is 159 cm³/mol. The van der Waals surface area contributed by atoms with Crippen molar-refractivity contribution >= 4 is 28.9 Å². The average Bonchev–Trinajstić information content (AvgIpc) is 3.49. The molecule has 240 valence electrons. The third-order valence-corrected chi connectivity index (χ3v) is 7.94. The Balaban J connectivity index is 1.50. The number of fused-ring (bicyclic) bond motifs is 1. The first kappa shape index (κ1) is 31.7. The van der Waals surface area contributed by atoms with Crippen LogP contribution in [0, 0.1) is 6.92 Å². The van der Waals surface area contributed by atoms with Crippen molar-refractivity contribution < 1.29 is 28.2 Å². The maximum atomic E-state index is 14.2. The van der Waals surface area contributed by atoms with Crippen LogP contribution in [0.2, 0.25) is 0 Å². The van der Waals surface area contributed by atoms with Gasteiger partial charge in [0, 0.05) is 26.2 Å². The Hall–Kier alpha value is -4.73. The molecule has 2 aliphatic heterocycles. The maximum Gasteiger partial charge on any atom is 0.299 e. The molecule has 0 unspecified atom stereocenters. The number of nitrogens with zero attached hydrogens (tertiary/aromatic N) is 8. The number of amides is 2. The average molecular weight is 628 g/mol. The second-order valence-electron chi connectivity index (χ2n) is 10.9. The zero-order valence-electron chi connectivity index (χ0n) is 25.3. The lowest BCUT2D eigenvalue weighted by molar-refractivity contribution is -0.123. The Morgan fingerprint density at radius 2 is 1.93 bits per heavy atom. The van der Waals surface area contributed by atoms with Crippen molar-refractivity contribution in [3.05, 3.63) is 57.8 Å². The smallest absolute Gasteiger partial charge is 0.299 e. The molecule has 0 atom stereocenters. The molecule has 1 saturated heterocycles. The van der Waals surface area contributed by atoms with Crippen LogP contribution in [0.15, 0.2) is 29.3 Å². The molecule has 1 fully saturated rings. The number of hydrogen-bond acceptors (Lipinski definition) is 10. The fourth-order valence-electron chi connectivity index (χ4n) is 5.26. The molecule has 2 N–H and O–H groups in total. The summed E-state index contributed by atoms with van der Waals surface area (Å²) in [7, 11) is 0. The Labute approximate surface area is 257 Å². The van der Waals surface area contributed by atoms with Crippen molar-refractivity contribution in [2.75, 3.05) is 50.8 Å². The largest absolute Gasteiger partial charge is 0.504 e. The molecule has 0 radical (unpaired) electrons. The number of halogens is 2. The lowest BCUT2D eigenvalue weighted by Crippen LogP contribution is -2.51. The highest BCUT2D eigenvalue weighted by Gasteiger charge is 2.32. The van der Waals surface area contributed by atoms with Gasteiger partial charge >= 0.3 is 0 Å². The van der Waals surface area contributed by atoms with Crippen LogP contribution in [0.3, 0.4) is 0 Å². The number of carbonyl (C=O) groups excluding carboxylic acids is 2. The number of rotatable bonds is 9. The van der Waals surface area contributed by atoms with E-state index in [1.54, 1.807) is 6.92 Å². The van der Waals surface area contributed by atoms with Gasteiger partial charge in [-0.2, -0.15) is 18.3 Å². The van der Waals surface area contributed by atoms with Gasteiger partial charge in [-0.3, -0.25) is 14.4 Å². The lowest BCUT2D eigenvalue weighted by atomic mass is 10.1. The van der Waals surface area contributed by atoms with Crippen molar-refractivity contribution in [1.82, 2.24) is 39.3 Å². The van der Waals surface area contributed by atoms with E-state index >= 15 is 0 Å². The van der Waals surface area contributed by atoms with Gasteiger partial charge in [0.1, 0.15) is 18.6 Å². The number of aryl methyl sites for hydroxylation is 1. The fourth-order valence-corrected chi connectivity index (χ4v) is 5.26. The molecule has 0 bridgehead atoms. The summed E-state index contributed by atoms with van der Waals surface area (Å²) in [6, 6.07) is 0. The maximum absolute atomic E-state index is 14.2. The van der Waals surface area contributed by atoms with Crippen molar-refractivity contribution in [1.29, 1.82) is 0 Å². The van der Waals surface area contributed by atoms with E-state index in [2.05, 4.69) is 31.9 Å². The molecule has 5 heterocycles. The van der Waals surface area contributed by atoms with Gasteiger partial charge in [-0.05, 0) is 37.8 Å². The third kappa shape index (κ3) is 6.27. The number of nitrogens with one attached hydrogen (secondary N) is 1. The molecule has 3 aromatic rings. The van der Waals surface area contributed by atoms with Crippen LogP contribution in [0.5, 0.6) is 5.75 Å². The van der Waals surface area contributed by atoms with E-state index in [4.69, 9.17) is 4.74 Å². The molecule has 0 saturated carbocycles. The molecule has 16 heteroatoms. The summed E-state index contributed by atoms with van der Waals surface area (Å²) >= 11 is 0. The number of alkyl halides is 2. The third-order valence-electron chi connectivity index (χ3n) is 7.94. The number of anilines is 1. The van der Waals surface area contributed by atoms with Crippen LogP contribution in [0.1, 0.15) is 48.0 Å². The molecule has 3 aromatic heterocycles. The van der Waals surface area contributed by atoms with Crippen LogP contribution in [0.4, 0.5) is 14.5 Å². The van der Waals surface area contributed by atoms with Gasteiger partial charge in [0.2, 0.25) is 11.7 Å². The van der Waals surface area contributed by atoms with Crippen LogP contribution in [-0.4, -0.2) is 103 Å². The molecule has 0 aliphatic carbocycles. The summed E-state index contributed by atoms with van der Waals surface area (Å²) in [6.07, 6.45) is 3.88. The van der Waals surface area contributed by atoms with Crippen molar-refractivity contribution in [3.8, 4) is 5.75 Å². The second kappa shape index (κ2) is 12.7. The number of aromatic hydroxyl groups is 1. The molecular weight excluding hydrogens is 592 g/mol. The molecule has 5 rings (SSSR count). The number of ether oxygens (including phenoxy) is 1. The van der Waals surface area contributed by atoms with Gasteiger partial charge in [0.25, 0.3) is 17.4 Å². The van der Waals surface area contributed by atoms with E-state index < -0.39 is 36.4 Å². The predicted octanol–water partition coefficient (Wildman–Crippen LogP) is 1.35. The molecule has 2 aliphatic rings. The van der Waals surface area contributed by atoms with E-state index in [-0.39, 0.29) is 60.4 Å². The van der Waals surface area contributed by atoms with Crippen molar-refractivity contribution in [2.45, 2.75) is 46.1 Å². The van der Waals surface area contributed by atoms with Gasteiger partial charge in [-0.15, -0.1) is 5.10 Å².